The van der Waals surface area contributed by atoms with Crippen LogP contribution < -0.4 is 15.0 Å². The third-order valence-corrected chi connectivity index (χ3v) is 5.73. The average molecular weight is 447 g/mol. The van der Waals surface area contributed by atoms with Crippen molar-refractivity contribution in [3.05, 3.63) is 53.3 Å². The van der Waals surface area contributed by atoms with Crippen molar-refractivity contribution in [3.63, 3.8) is 0 Å². The second-order valence-electron chi connectivity index (χ2n) is 8.65. The Morgan fingerprint density at radius 3 is 2.39 bits per heavy atom. The summed E-state index contributed by atoms with van der Waals surface area (Å²) in [6.45, 7) is 6.21. The fourth-order valence-electron chi connectivity index (χ4n) is 3.85. The number of esters is 1. The number of rotatable bonds is 5. The third-order valence-electron chi connectivity index (χ3n) is 5.33. The van der Waals surface area contributed by atoms with Crippen LogP contribution >= 0.6 is 11.6 Å². The van der Waals surface area contributed by atoms with Crippen molar-refractivity contribution in [2.45, 2.75) is 45.3 Å². The van der Waals surface area contributed by atoms with Gasteiger partial charge in [0.05, 0.1) is 18.7 Å². The summed E-state index contributed by atoms with van der Waals surface area (Å²) in [5.41, 5.74) is 5.94. The molecule has 0 spiro atoms. The maximum atomic E-state index is 13.0. The van der Waals surface area contributed by atoms with Crippen molar-refractivity contribution < 1.29 is 19.1 Å². The van der Waals surface area contributed by atoms with E-state index < -0.39 is 11.6 Å². The van der Waals surface area contributed by atoms with Gasteiger partial charge in [0.2, 0.25) is 0 Å². The highest BCUT2D eigenvalue weighted by Gasteiger charge is 2.44. The Morgan fingerprint density at radius 2 is 1.81 bits per heavy atom. The minimum Gasteiger partial charge on any atom is -0.490 e. The number of carbonyl (C=O) groups is 2. The molecule has 1 aliphatic heterocycles. The Balaban J connectivity index is 1.88. The maximum Gasteiger partial charge on any atom is 0.340 e. The maximum absolute atomic E-state index is 13.0. The van der Waals surface area contributed by atoms with Gasteiger partial charge in [-0.05, 0) is 39.0 Å². The molecule has 8 heteroatoms. The average Bonchev–Trinajstić information content (AvgIpc) is 2.73. The molecule has 1 aliphatic rings. The molecule has 0 bridgehead atoms. The van der Waals surface area contributed by atoms with Gasteiger partial charge in [-0.3, -0.25) is 4.98 Å². The van der Waals surface area contributed by atoms with Crippen LogP contribution in [0.1, 0.15) is 44.0 Å². The van der Waals surface area contributed by atoms with E-state index >= 15 is 0 Å². The van der Waals surface area contributed by atoms with Crippen LogP contribution in [0.4, 0.5) is 5.69 Å². The Bertz CT molecular complexity index is 936. The summed E-state index contributed by atoms with van der Waals surface area (Å²) in [5, 5.41) is 0.229. The van der Waals surface area contributed by atoms with Gasteiger partial charge < -0.3 is 15.2 Å². The van der Waals surface area contributed by atoms with Crippen LogP contribution in [0, 0.1) is 0 Å². The number of nitrogens with two attached hydrogens (primary N) is 1. The number of pyridine rings is 1. The number of likely N-dealkylation sites (tertiary alicyclic amines) is 1. The number of carbonyl (C=O) groups excluding carboxylic acids is 2. The van der Waals surface area contributed by atoms with Gasteiger partial charge in [0.25, 0.3) is 0 Å². The second kappa shape index (κ2) is 9.34. The molecule has 0 atom stereocenters. The molecule has 1 aromatic carbocycles. The molecule has 7 nitrogen and oxygen atoms in total. The van der Waals surface area contributed by atoms with Crippen LogP contribution in [-0.4, -0.2) is 48.2 Å². The summed E-state index contributed by atoms with van der Waals surface area (Å²) in [5.74, 6) is 0.0781. The second-order valence-corrected chi connectivity index (χ2v) is 9.03. The predicted octanol–water partition coefficient (Wildman–Crippen LogP) is 3.72. The van der Waals surface area contributed by atoms with E-state index in [0.717, 1.165) is 5.75 Å². The van der Waals surface area contributed by atoms with E-state index in [2.05, 4.69) is 4.98 Å². The lowest BCUT2D eigenvalue weighted by Crippen LogP contribution is -2.61. The SMILES string of the molecule is CC(C)(C)OC(=O)c1cccc([N+]2(C(=O)CN)CCC(Oc3ccncc3)CC2)c1Cl. The number of hydrogen-bond acceptors (Lipinski definition) is 6. The molecule has 2 heterocycles. The molecule has 0 aliphatic carbocycles. The number of quaternary nitrogens is 1. The van der Waals surface area contributed by atoms with Crippen molar-refractivity contribution in [1.29, 1.82) is 0 Å². The minimum atomic E-state index is -0.654. The van der Waals surface area contributed by atoms with E-state index in [1.165, 1.54) is 0 Å². The van der Waals surface area contributed by atoms with Crippen LogP contribution in [0.5, 0.6) is 5.75 Å². The number of hydrogen-bond donors (Lipinski definition) is 1. The van der Waals surface area contributed by atoms with Gasteiger partial charge in [0.1, 0.15) is 29.0 Å². The molecular formula is C23H29ClN3O4+. The first-order chi connectivity index (χ1) is 14.7. The van der Waals surface area contributed by atoms with Gasteiger partial charge in [0, 0.05) is 31.3 Å². The Morgan fingerprint density at radius 1 is 1.16 bits per heavy atom. The van der Waals surface area contributed by atoms with Crippen LogP contribution in [0.2, 0.25) is 5.02 Å². The van der Waals surface area contributed by atoms with Gasteiger partial charge in [-0.1, -0.05) is 17.7 Å². The summed E-state index contributed by atoms with van der Waals surface area (Å²) >= 11 is 6.67. The molecule has 0 radical (unpaired) electrons. The first-order valence-electron chi connectivity index (χ1n) is 10.4. The standard InChI is InChI=1S/C23H29ClN3O4/c1-23(2,3)31-22(29)18-5-4-6-19(21(18)24)27(20(28)15-25)13-9-17(10-14-27)30-16-7-11-26-12-8-16/h4-8,11-12,17H,9-10,13-15,25H2,1-3H3/q+1. The zero-order valence-corrected chi connectivity index (χ0v) is 18.9. The van der Waals surface area contributed by atoms with E-state index in [1.54, 1.807) is 51.4 Å². The van der Waals surface area contributed by atoms with Crippen molar-refractivity contribution in [1.82, 2.24) is 9.47 Å². The number of halogens is 1. The number of piperidine rings is 1. The summed E-state index contributed by atoms with van der Waals surface area (Å²) in [7, 11) is 0. The van der Waals surface area contributed by atoms with Crippen molar-refractivity contribution in [2.75, 3.05) is 19.6 Å². The molecule has 1 amide bonds. The van der Waals surface area contributed by atoms with E-state index in [1.807, 2.05) is 12.1 Å². The summed E-state index contributed by atoms with van der Waals surface area (Å²) in [4.78, 5) is 29.7. The molecule has 1 aromatic heterocycles. The zero-order chi connectivity index (χ0) is 22.6. The van der Waals surface area contributed by atoms with Gasteiger partial charge >= 0.3 is 11.9 Å². The van der Waals surface area contributed by atoms with Gasteiger partial charge in [-0.2, -0.15) is 0 Å². The summed E-state index contributed by atoms with van der Waals surface area (Å²) in [6, 6.07) is 8.74. The number of ether oxygens (including phenoxy) is 2. The fourth-order valence-corrected chi connectivity index (χ4v) is 4.22. The highest BCUT2D eigenvalue weighted by atomic mass is 35.5. The number of nitrogens with zero attached hydrogens (tertiary/aromatic N) is 2. The van der Waals surface area contributed by atoms with Crippen LogP contribution in [-0.2, 0) is 9.53 Å². The van der Waals surface area contributed by atoms with Crippen molar-refractivity contribution in [3.8, 4) is 5.75 Å². The summed E-state index contributed by atoms with van der Waals surface area (Å²) in [6.07, 6.45) is 4.60. The lowest BCUT2D eigenvalue weighted by atomic mass is 10.0. The molecule has 1 fully saturated rings. The van der Waals surface area contributed by atoms with Gasteiger partial charge in [-0.25, -0.2) is 14.1 Å². The number of aromatic nitrogens is 1. The van der Waals surface area contributed by atoms with Crippen molar-refractivity contribution in [2.24, 2.45) is 5.73 Å². The Kier molecular flexibility index (Phi) is 6.99. The highest BCUT2D eigenvalue weighted by Crippen LogP contribution is 2.38. The molecule has 31 heavy (non-hydrogen) atoms. The van der Waals surface area contributed by atoms with Crippen LogP contribution in [0.25, 0.3) is 0 Å². The van der Waals surface area contributed by atoms with Crippen LogP contribution in [0.15, 0.2) is 42.7 Å². The largest absolute Gasteiger partial charge is 0.490 e. The molecule has 2 N–H and O–H groups in total. The third kappa shape index (κ3) is 5.23. The van der Waals surface area contributed by atoms with E-state index in [0.29, 0.717) is 31.6 Å². The van der Waals surface area contributed by atoms with E-state index in [9.17, 15) is 9.59 Å². The highest BCUT2D eigenvalue weighted by molar-refractivity contribution is 6.36. The minimum absolute atomic E-state index is 0.0117. The molecule has 166 valence electrons. The monoisotopic (exact) mass is 446 g/mol. The molecular weight excluding hydrogens is 418 g/mol. The number of benzene rings is 1. The Hall–Kier alpha value is -2.48. The lowest BCUT2D eigenvalue weighted by molar-refractivity contribution is -0.130. The molecule has 0 unspecified atom stereocenters. The number of amides is 1. The topological polar surface area (TPSA) is 91.5 Å². The lowest BCUT2D eigenvalue weighted by Gasteiger charge is -2.41. The molecule has 0 saturated carbocycles. The predicted molar refractivity (Wildman–Crippen MR) is 120 cm³/mol. The summed E-state index contributed by atoms with van der Waals surface area (Å²) < 4.78 is 11.5. The van der Waals surface area contributed by atoms with E-state index in [4.69, 9.17) is 26.8 Å². The van der Waals surface area contributed by atoms with Crippen molar-refractivity contribution >= 4 is 29.2 Å². The van der Waals surface area contributed by atoms with Crippen LogP contribution in [0.3, 0.4) is 0 Å². The quantitative estimate of drug-likeness (QED) is 0.555. The Labute approximate surface area is 187 Å². The van der Waals surface area contributed by atoms with Gasteiger partial charge in [0.15, 0.2) is 5.69 Å². The zero-order valence-electron chi connectivity index (χ0n) is 18.1. The first-order valence-corrected chi connectivity index (χ1v) is 10.7. The molecule has 1 saturated heterocycles. The molecule has 3 rings (SSSR count). The normalized spacial score (nSPS) is 21.4. The first kappa shape index (κ1) is 23.2. The fraction of sp³-hybridized carbons (Fsp3) is 0.435. The van der Waals surface area contributed by atoms with Gasteiger partial charge in [-0.15, -0.1) is 0 Å². The van der Waals surface area contributed by atoms with E-state index in [-0.39, 0.29) is 33.6 Å². The smallest absolute Gasteiger partial charge is 0.340 e. The molecule has 2 aromatic rings.